The van der Waals surface area contributed by atoms with Crippen LogP contribution in [-0.4, -0.2) is 24.0 Å². The van der Waals surface area contributed by atoms with E-state index in [1.165, 1.54) is 23.3 Å². The van der Waals surface area contributed by atoms with Crippen LogP contribution in [0.4, 0.5) is 0 Å². The molecule has 0 aliphatic heterocycles. The van der Waals surface area contributed by atoms with E-state index >= 15 is 0 Å². The van der Waals surface area contributed by atoms with Crippen molar-refractivity contribution in [3.05, 3.63) is 58.3 Å². The van der Waals surface area contributed by atoms with E-state index in [0.29, 0.717) is 6.04 Å². The van der Waals surface area contributed by atoms with Gasteiger partial charge in [-0.25, -0.2) is 0 Å². The molecule has 1 N–H and O–H groups in total. The Kier molecular flexibility index (Phi) is 5.07. The SMILES string of the molecule is CCNCC(c1ccccc1)N(Cc1cccs1)C1CC1. The Labute approximate surface area is 131 Å². The zero-order valence-corrected chi connectivity index (χ0v) is 13.5. The third-order valence-electron chi connectivity index (χ3n) is 4.11. The van der Waals surface area contributed by atoms with E-state index in [0.717, 1.165) is 25.7 Å². The Morgan fingerprint density at radius 2 is 2.00 bits per heavy atom. The first-order valence-electron chi connectivity index (χ1n) is 7.92. The summed E-state index contributed by atoms with van der Waals surface area (Å²) in [6.45, 7) is 5.32. The Morgan fingerprint density at radius 3 is 2.62 bits per heavy atom. The summed E-state index contributed by atoms with van der Waals surface area (Å²) in [6.07, 6.45) is 2.70. The summed E-state index contributed by atoms with van der Waals surface area (Å²) in [4.78, 5) is 4.17. The lowest BCUT2D eigenvalue weighted by Gasteiger charge is -2.32. The van der Waals surface area contributed by atoms with Crippen molar-refractivity contribution in [2.24, 2.45) is 0 Å². The van der Waals surface area contributed by atoms with Gasteiger partial charge >= 0.3 is 0 Å². The molecule has 1 aromatic carbocycles. The summed E-state index contributed by atoms with van der Waals surface area (Å²) in [5.41, 5.74) is 1.43. The minimum Gasteiger partial charge on any atom is -0.315 e. The van der Waals surface area contributed by atoms with Crippen LogP contribution in [0.15, 0.2) is 47.8 Å². The molecule has 1 fully saturated rings. The molecule has 112 valence electrons. The van der Waals surface area contributed by atoms with Crippen LogP contribution in [0.25, 0.3) is 0 Å². The fourth-order valence-corrected chi connectivity index (χ4v) is 3.58. The van der Waals surface area contributed by atoms with Crippen molar-refractivity contribution in [2.45, 2.75) is 38.4 Å². The van der Waals surface area contributed by atoms with Crippen molar-refractivity contribution in [1.29, 1.82) is 0 Å². The van der Waals surface area contributed by atoms with Crippen LogP contribution in [0.1, 0.15) is 36.2 Å². The number of nitrogens with zero attached hydrogens (tertiary/aromatic N) is 1. The van der Waals surface area contributed by atoms with Gasteiger partial charge in [0.05, 0.1) is 0 Å². The first-order chi connectivity index (χ1) is 10.4. The average Bonchev–Trinajstić information content (AvgIpc) is 3.24. The molecule has 1 atom stereocenters. The van der Waals surface area contributed by atoms with Gasteiger partial charge in [-0.2, -0.15) is 0 Å². The number of nitrogens with one attached hydrogen (secondary N) is 1. The Morgan fingerprint density at radius 1 is 1.19 bits per heavy atom. The lowest BCUT2D eigenvalue weighted by atomic mass is 10.0. The van der Waals surface area contributed by atoms with Crippen molar-refractivity contribution in [3.8, 4) is 0 Å². The van der Waals surface area contributed by atoms with Gasteiger partial charge in [-0.1, -0.05) is 43.3 Å². The lowest BCUT2D eigenvalue weighted by molar-refractivity contribution is 0.175. The molecule has 3 heteroatoms. The number of hydrogen-bond donors (Lipinski definition) is 1. The second-order valence-corrected chi connectivity index (χ2v) is 6.75. The van der Waals surface area contributed by atoms with E-state index in [1.807, 2.05) is 11.3 Å². The highest BCUT2D eigenvalue weighted by Crippen LogP contribution is 2.36. The molecule has 2 aromatic rings. The van der Waals surface area contributed by atoms with Crippen LogP contribution in [-0.2, 0) is 6.54 Å². The number of rotatable bonds is 8. The number of likely N-dealkylation sites (N-methyl/N-ethyl adjacent to an activating group) is 1. The van der Waals surface area contributed by atoms with E-state index in [1.54, 1.807) is 0 Å². The van der Waals surface area contributed by atoms with E-state index < -0.39 is 0 Å². The predicted octanol–water partition coefficient (Wildman–Crippen LogP) is 4.06. The quantitative estimate of drug-likeness (QED) is 0.791. The van der Waals surface area contributed by atoms with Crippen molar-refractivity contribution >= 4 is 11.3 Å². The highest BCUT2D eigenvalue weighted by atomic mass is 32.1. The number of benzene rings is 1. The third kappa shape index (κ3) is 3.94. The first kappa shape index (κ1) is 14.8. The van der Waals surface area contributed by atoms with Crippen LogP contribution >= 0.6 is 11.3 Å². The monoisotopic (exact) mass is 300 g/mol. The molecule has 0 saturated heterocycles. The summed E-state index contributed by atoms with van der Waals surface area (Å²) in [6, 6.07) is 16.6. The van der Waals surface area contributed by atoms with E-state index in [9.17, 15) is 0 Å². The molecule has 2 nitrogen and oxygen atoms in total. The van der Waals surface area contributed by atoms with Gasteiger partial charge in [0.25, 0.3) is 0 Å². The normalized spacial score (nSPS) is 16.3. The topological polar surface area (TPSA) is 15.3 Å². The molecule has 0 bridgehead atoms. The summed E-state index contributed by atoms with van der Waals surface area (Å²) < 4.78 is 0. The van der Waals surface area contributed by atoms with Gasteiger partial charge in [0.15, 0.2) is 0 Å². The Balaban J connectivity index is 1.81. The zero-order valence-electron chi connectivity index (χ0n) is 12.7. The second kappa shape index (κ2) is 7.21. The molecule has 1 heterocycles. The molecule has 21 heavy (non-hydrogen) atoms. The van der Waals surface area contributed by atoms with E-state index in [4.69, 9.17) is 0 Å². The van der Waals surface area contributed by atoms with Gasteiger partial charge in [-0.15, -0.1) is 11.3 Å². The van der Waals surface area contributed by atoms with Crippen molar-refractivity contribution in [2.75, 3.05) is 13.1 Å². The third-order valence-corrected chi connectivity index (χ3v) is 4.97. The summed E-state index contributed by atoms with van der Waals surface area (Å²) >= 11 is 1.87. The van der Waals surface area contributed by atoms with Crippen LogP contribution in [0.2, 0.25) is 0 Å². The molecule has 0 amide bonds. The van der Waals surface area contributed by atoms with E-state index in [2.05, 4.69) is 65.0 Å². The number of hydrogen-bond acceptors (Lipinski definition) is 3. The standard InChI is InChI=1S/C18H24N2S/c1-2-19-13-18(15-7-4-3-5-8-15)20(16-10-11-16)14-17-9-6-12-21-17/h3-9,12,16,18-19H,2,10-11,13-14H2,1H3. The fraction of sp³-hybridized carbons (Fsp3) is 0.444. The molecule has 1 aromatic heterocycles. The van der Waals surface area contributed by atoms with Crippen LogP contribution < -0.4 is 5.32 Å². The smallest absolute Gasteiger partial charge is 0.0479 e. The lowest BCUT2D eigenvalue weighted by Crippen LogP contribution is -2.37. The molecular formula is C18H24N2S. The maximum atomic E-state index is 3.55. The average molecular weight is 300 g/mol. The minimum absolute atomic E-state index is 0.473. The van der Waals surface area contributed by atoms with Crippen molar-refractivity contribution in [1.82, 2.24) is 10.2 Å². The van der Waals surface area contributed by atoms with Gasteiger partial charge in [-0.3, -0.25) is 4.90 Å². The zero-order chi connectivity index (χ0) is 14.5. The Bertz CT molecular complexity index is 519. The maximum Gasteiger partial charge on any atom is 0.0479 e. The fourth-order valence-electron chi connectivity index (χ4n) is 2.87. The molecular weight excluding hydrogens is 276 g/mol. The summed E-state index contributed by atoms with van der Waals surface area (Å²) in [7, 11) is 0. The molecule has 1 saturated carbocycles. The molecule has 1 aliphatic rings. The number of thiophene rings is 1. The van der Waals surface area contributed by atoms with Gasteiger partial charge in [0.2, 0.25) is 0 Å². The Hall–Kier alpha value is -1.16. The highest BCUT2D eigenvalue weighted by molar-refractivity contribution is 7.09. The summed E-state index contributed by atoms with van der Waals surface area (Å²) in [5.74, 6) is 0. The first-order valence-corrected chi connectivity index (χ1v) is 8.80. The largest absolute Gasteiger partial charge is 0.315 e. The van der Waals surface area contributed by atoms with Gasteiger partial charge in [0.1, 0.15) is 0 Å². The van der Waals surface area contributed by atoms with Crippen molar-refractivity contribution in [3.63, 3.8) is 0 Å². The molecule has 1 unspecified atom stereocenters. The summed E-state index contributed by atoms with van der Waals surface area (Å²) in [5, 5.41) is 5.73. The van der Waals surface area contributed by atoms with Crippen LogP contribution in [0.3, 0.4) is 0 Å². The molecule has 3 rings (SSSR count). The van der Waals surface area contributed by atoms with Crippen LogP contribution in [0, 0.1) is 0 Å². The van der Waals surface area contributed by atoms with Crippen molar-refractivity contribution < 1.29 is 0 Å². The molecule has 0 spiro atoms. The molecule has 1 aliphatic carbocycles. The van der Waals surface area contributed by atoms with Gasteiger partial charge in [-0.05, 0) is 36.4 Å². The minimum atomic E-state index is 0.473. The van der Waals surface area contributed by atoms with Crippen LogP contribution in [0.5, 0.6) is 0 Å². The van der Waals surface area contributed by atoms with E-state index in [-0.39, 0.29) is 0 Å². The predicted molar refractivity (Wildman–Crippen MR) is 90.6 cm³/mol. The maximum absolute atomic E-state index is 3.55. The van der Waals surface area contributed by atoms with Gasteiger partial charge in [0, 0.05) is 30.1 Å². The van der Waals surface area contributed by atoms with Gasteiger partial charge < -0.3 is 5.32 Å². The highest BCUT2D eigenvalue weighted by Gasteiger charge is 2.34. The second-order valence-electron chi connectivity index (χ2n) is 5.72. The molecule has 0 radical (unpaired) electrons.